The SMILES string of the molecule is C[C@H](C(=O)N(C)Cc1c(F)cccc1Cl)N1CC[C@@H](C(N)=O)C1. The maximum absolute atomic E-state index is 13.8. The van der Waals surface area contributed by atoms with Crippen LogP contribution in [0.2, 0.25) is 5.02 Å². The van der Waals surface area contributed by atoms with E-state index in [0.717, 1.165) is 0 Å². The standard InChI is InChI=1S/C16H21ClFN3O2/c1-10(21-7-6-11(8-21)15(19)22)16(23)20(2)9-12-13(17)4-3-5-14(12)18/h3-5,10-11H,6-9H2,1-2H3,(H2,19,22)/t10-,11-/m1/s1. The fourth-order valence-corrected chi connectivity index (χ4v) is 3.07. The summed E-state index contributed by atoms with van der Waals surface area (Å²) in [6.07, 6.45) is 0.663. The maximum atomic E-state index is 13.8. The second-order valence-corrected chi connectivity index (χ2v) is 6.36. The van der Waals surface area contributed by atoms with Gasteiger partial charge in [0.25, 0.3) is 0 Å². The Bertz CT molecular complexity index is 591. The number of likely N-dealkylation sites (tertiary alicyclic amines) is 1. The fraction of sp³-hybridized carbons (Fsp3) is 0.500. The van der Waals surface area contributed by atoms with E-state index >= 15 is 0 Å². The Morgan fingerprint density at radius 1 is 1.52 bits per heavy atom. The number of amides is 2. The van der Waals surface area contributed by atoms with Gasteiger partial charge in [0.15, 0.2) is 0 Å². The van der Waals surface area contributed by atoms with Gasteiger partial charge in [-0.3, -0.25) is 14.5 Å². The van der Waals surface area contributed by atoms with Crippen molar-refractivity contribution in [3.05, 3.63) is 34.6 Å². The Kier molecular flexibility index (Phi) is 5.59. The quantitative estimate of drug-likeness (QED) is 0.885. The molecule has 1 saturated heterocycles. The summed E-state index contributed by atoms with van der Waals surface area (Å²) >= 11 is 6.00. The van der Waals surface area contributed by atoms with Crippen LogP contribution in [-0.4, -0.2) is 47.8 Å². The molecule has 1 aromatic rings. The van der Waals surface area contributed by atoms with E-state index in [1.165, 1.54) is 17.0 Å². The predicted octanol–water partition coefficient (Wildman–Crippen LogP) is 1.63. The molecule has 7 heteroatoms. The third-order valence-corrected chi connectivity index (χ3v) is 4.71. The molecule has 0 aromatic heterocycles. The van der Waals surface area contributed by atoms with Crippen molar-refractivity contribution in [1.29, 1.82) is 0 Å². The van der Waals surface area contributed by atoms with Crippen molar-refractivity contribution in [2.24, 2.45) is 11.7 Å². The zero-order valence-electron chi connectivity index (χ0n) is 13.3. The first-order valence-corrected chi connectivity index (χ1v) is 7.90. The molecule has 1 aliphatic rings. The van der Waals surface area contributed by atoms with Gasteiger partial charge in [0.2, 0.25) is 11.8 Å². The number of hydrogen-bond acceptors (Lipinski definition) is 3. The van der Waals surface area contributed by atoms with Gasteiger partial charge in [-0.2, -0.15) is 0 Å². The summed E-state index contributed by atoms with van der Waals surface area (Å²) in [4.78, 5) is 27.1. The van der Waals surface area contributed by atoms with Gasteiger partial charge in [-0.15, -0.1) is 0 Å². The molecule has 0 saturated carbocycles. The molecule has 0 radical (unpaired) electrons. The Hall–Kier alpha value is -1.66. The van der Waals surface area contributed by atoms with Gasteiger partial charge in [-0.1, -0.05) is 17.7 Å². The molecule has 1 aliphatic heterocycles. The summed E-state index contributed by atoms with van der Waals surface area (Å²) in [5.41, 5.74) is 5.61. The lowest BCUT2D eigenvalue weighted by atomic mass is 10.1. The molecular weight excluding hydrogens is 321 g/mol. The van der Waals surface area contributed by atoms with Crippen LogP contribution in [0.4, 0.5) is 4.39 Å². The summed E-state index contributed by atoms with van der Waals surface area (Å²) in [5, 5.41) is 0.298. The minimum absolute atomic E-state index is 0.0990. The molecule has 2 N–H and O–H groups in total. The minimum Gasteiger partial charge on any atom is -0.369 e. The Balaban J connectivity index is 2.01. The van der Waals surface area contributed by atoms with Gasteiger partial charge >= 0.3 is 0 Å². The molecule has 1 heterocycles. The minimum atomic E-state index is -0.431. The van der Waals surface area contributed by atoms with Crippen molar-refractivity contribution in [1.82, 2.24) is 9.80 Å². The highest BCUT2D eigenvalue weighted by Gasteiger charge is 2.33. The Morgan fingerprint density at radius 2 is 2.22 bits per heavy atom. The molecule has 2 atom stereocenters. The lowest BCUT2D eigenvalue weighted by Gasteiger charge is -2.28. The van der Waals surface area contributed by atoms with Crippen molar-refractivity contribution >= 4 is 23.4 Å². The normalized spacial score (nSPS) is 19.6. The van der Waals surface area contributed by atoms with Gasteiger partial charge in [0.1, 0.15) is 5.82 Å². The van der Waals surface area contributed by atoms with Crippen LogP contribution >= 0.6 is 11.6 Å². The van der Waals surface area contributed by atoms with Crippen LogP contribution in [0.5, 0.6) is 0 Å². The number of primary amides is 1. The van der Waals surface area contributed by atoms with E-state index in [2.05, 4.69) is 0 Å². The van der Waals surface area contributed by atoms with E-state index in [4.69, 9.17) is 17.3 Å². The average Bonchev–Trinajstić information content (AvgIpc) is 2.99. The summed E-state index contributed by atoms with van der Waals surface area (Å²) in [7, 11) is 1.61. The van der Waals surface area contributed by atoms with E-state index in [-0.39, 0.29) is 24.3 Å². The van der Waals surface area contributed by atoms with Crippen molar-refractivity contribution in [2.75, 3.05) is 20.1 Å². The molecule has 23 heavy (non-hydrogen) atoms. The number of benzene rings is 1. The van der Waals surface area contributed by atoms with Crippen LogP contribution in [0.1, 0.15) is 18.9 Å². The molecule has 0 unspecified atom stereocenters. The van der Waals surface area contributed by atoms with E-state index in [0.29, 0.717) is 30.1 Å². The van der Waals surface area contributed by atoms with Crippen LogP contribution in [0.3, 0.4) is 0 Å². The van der Waals surface area contributed by atoms with Crippen molar-refractivity contribution in [2.45, 2.75) is 25.9 Å². The number of halogens is 2. The molecule has 126 valence electrons. The number of nitrogens with two attached hydrogens (primary N) is 1. The number of likely N-dealkylation sites (N-methyl/N-ethyl adjacent to an activating group) is 1. The first-order valence-electron chi connectivity index (χ1n) is 7.52. The lowest BCUT2D eigenvalue weighted by Crippen LogP contribution is -2.45. The largest absolute Gasteiger partial charge is 0.369 e. The molecule has 2 rings (SSSR count). The monoisotopic (exact) mass is 341 g/mol. The second kappa shape index (κ2) is 7.27. The lowest BCUT2D eigenvalue weighted by molar-refractivity contribution is -0.135. The summed E-state index contributed by atoms with van der Waals surface area (Å²) < 4.78 is 13.8. The zero-order chi connectivity index (χ0) is 17.1. The van der Waals surface area contributed by atoms with Gasteiger partial charge in [-0.05, 0) is 32.0 Å². The first kappa shape index (κ1) is 17.7. The summed E-state index contributed by atoms with van der Waals surface area (Å²) in [6, 6.07) is 4.05. The summed E-state index contributed by atoms with van der Waals surface area (Å²) in [6.45, 7) is 3.01. The molecule has 2 amide bonds. The van der Waals surface area contributed by atoms with Gasteiger partial charge < -0.3 is 10.6 Å². The molecule has 0 aliphatic carbocycles. The van der Waals surface area contributed by atoms with Crippen molar-refractivity contribution in [3.8, 4) is 0 Å². The highest BCUT2D eigenvalue weighted by Crippen LogP contribution is 2.22. The number of nitrogens with zero attached hydrogens (tertiary/aromatic N) is 2. The van der Waals surface area contributed by atoms with E-state index < -0.39 is 11.9 Å². The highest BCUT2D eigenvalue weighted by atomic mass is 35.5. The van der Waals surface area contributed by atoms with E-state index in [1.807, 2.05) is 4.90 Å². The molecule has 1 aromatic carbocycles. The fourth-order valence-electron chi connectivity index (χ4n) is 2.84. The number of hydrogen-bond donors (Lipinski definition) is 1. The molecule has 1 fully saturated rings. The van der Waals surface area contributed by atoms with Crippen LogP contribution in [0.25, 0.3) is 0 Å². The average molecular weight is 342 g/mol. The number of carbonyl (C=O) groups is 2. The van der Waals surface area contributed by atoms with E-state index in [9.17, 15) is 14.0 Å². The molecular formula is C16H21ClFN3O2. The Labute approximate surface area is 140 Å². The third-order valence-electron chi connectivity index (χ3n) is 4.36. The zero-order valence-corrected chi connectivity index (χ0v) is 14.0. The maximum Gasteiger partial charge on any atom is 0.239 e. The third kappa shape index (κ3) is 4.00. The van der Waals surface area contributed by atoms with Gasteiger partial charge in [0.05, 0.1) is 12.0 Å². The molecule has 5 nitrogen and oxygen atoms in total. The highest BCUT2D eigenvalue weighted by molar-refractivity contribution is 6.31. The first-order chi connectivity index (χ1) is 10.8. The van der Waals surface area contributed by atoms with Crippen LogP contribution in [-0.2, 0) is 16.1 Å². The Morgan fingerprint density at radius 3 is 2.78 bits per heavy atom. The van der Waals surface area contributed by atoms with Crippen LogP contribution in [0.15, 0.2) is 18.2 Å². The summed E-state index contributed by atoms with van der Waals surface area (Å²) in [5.74, 6) is -1.12. The second-order valence-electron chi connectivity index (χ2n) is 5.95. The molecule has 0 spiro atoms. The number of rotatable bonds is 5. The van der Waals surface area contributed by atoms with Crippen LogP contribution < -0.4 is 5.73 Å². The van der Waals surface area contributed by atoms with Crippen molar-refractivity contribution in [3.63, 3.8) is 0 Å². The smallest absolute Gasteiger partial charge is 0.239 e. The molecule has 0 bridgehead atoms. The van der Waals surface area contributed by atoms with Gasteiger partial charge in [0, 0.05) is 30.7 Å². The van der Waals surface area contributed by atoms with Crippen molar-refractivity contribution < 1.29 is 14.0 Å². The van der Waals surface area contributed by atoms with E-state index in [1.54, 1.807) is 20.0 Å². The van der Waals surface area contributed by atoms with Gasteiger partial charge in [-0.25, -0.2) is 4.39 Å². The van der Waals surface area contributed by atoms with Crippen LogP contribution in [0, 0.1) is 11.7 Å². The number of carbonyl (C=O) groups excluding carboxylic acids is 2. The predicted molar refractivity (Wildman–Crippen MR) is 86.2 cm³/mol. The topological polar surface area (TPSA) is 66.6 Å².